The Bertz CT molecular complexity index is 122. The molecule has 0 radical (unpaired) electrons. The highest BCUT2D eigenvalue weighted by Crippen LogP contribution is 1.99. The van der Waals surface area contributed by atoms with Crippen LogP contribution in [-0.4, -0.2) is 12.2 Å². The highest BCUT2D eigenvalue weighted by Gasteiger charge is 1.83. The lowest BCUT2D eigenvalue weighted by molar-refractivity contribution is 1.46. The van der Waals surface area contributed by atoms with Crippen LogP contribution in [0.1, 0.15) is 6.92 Å². The van der Waals surface area contributed by atoms with Crippen LogP contribution >= 0.6 is 23.2 Å². The van der Waals surface area contributed by atoms with E-state index in [4.69, 9.17) is 23.2 Å². The van der Waals surface area contributed by atoms with Gasteiger partial charge in [0.2, 0.25) is 0 Å². The van der Waals surface area contributed by atoms with Gasteiger partial charge in [0.1, 0.15) is 5.17 Å². The molecule has 0 aromatic heterocycles. The Morgan fingerprint density at radius 1 is 1.50 bits per heavy atom. The molecule has 0 aliphatic carbocycles. The molecule has 0 aromatic carbocycles. The first-order valence-corrected chi connectivity index (χ1v) is 2.88. The second-order valence-electron chi connectivity index (χ2n) is 1.28. The van der Waals surface area contributed by atoms with Gasteiger partial charge in [0.15, 0.2) is 0 Å². The lowest BCUT2D eigenvalue weighted by Gasteiger charge is -1.83. The summed E-state index contributed by atoms with van der Waals surface area (Å²) in [6.45, 7) is 1.75. The molecule has 0 aliphatic rings. The minimum atomic E-state index is 0.428. The lowest BCUT2D eigenvalue weighted by Crippen LogP contribution is -1.77. The zero-order valence-corrected chi connectivity index (χ0v) is 6.29. The largest absolute Gasteiger partial charge is 0.276 e. The summed E-state index contributed by atoms with van der Waals surface area (Å²) in [6, 6.07) is 0. The molecule has 0 heterocycles. The first-order chi connectivity index (χ1) is 3.66. The van der Waals surface area contributed by atoms with Crippen LogP contribution in [0.15, 0.2) is 16.1 Å². The van der Waals surface area contributed by atoms with Crippen LogP contribution < -0.4 is 0 Å². The Labute approximate surface area is 59.0 Å². The van der Waals surface area contributed by atoms with Crippen molar-refractivity contribution in [3.05, 3.63) is 11.1 Å². The van der Waals surface area contributed by atoms with Gasteiger partial charge in [-0.15, -0.1) is 0 Å². The third kappa shape index (κ3) is 4.16. The zero-order chi connectivity index (χ0) is 6.57. The van der Waals surface area contributed by atoms with E-state index in [9.17, 15) is 0 Å². The quantitative estimate of drug-likeness (QED) is 0.511. The fourth-order valence-corrected chi connectivity index (χ4v) is 0.552. The van der Waals surface area contributed by atoms with Gasteiger partial charge in [0, 0.05) is 12.1 Å². The van der Waals surface area contributed by atoms with E-state index in [2.05, 4.69) is 4.99 Å². The van der Waals surface area contributed by atoms with E-state index in [1.54, 1.807) is 20.0 Å². The van der Waals surface area contributed by atoms with Crippen LogP contribution in [0, 0.1) is 0 Å². The van der Waals surface area contributed by atoms with Gasteiger partial charge in [-0.25, -0.2) is 0 Å². The first kappa shape index (κ1) is 7.99. The van der Waals surface area contributed by atoms with E-state index in [1.165, 1.54) is 0 Å². The fraction of sp³-hybridized carbons (Fsp3) is 0.400. The number of aliphatic imine (C=N–C) groups is 1. The van der Waals surface area contributed by atoms with E-state index < -0.39 is 0 Å². The smallest absolute Gasteiger partial charge is 0.124 e. The third-order valence-electron chi connectivity index (χ3n) is 0.532. The van der Waals surface area contributed by atoms with E-state index in [1.807, 2.05) is 0 Å². The van der Waals surface area contributed by atoms with Gasteiger partial charge in [-0.1, -0.05) is 23.2 Å². The number of hydrogen-bond acceptors (Lipinski definition) is 1. The normalized spacial score (nSPS) is 14.5. The Balaban J connectivity index is 3.89. The highest BCUT2D eigenvalue weighted by atomic mass is 35.5. The molecule has 3 heteroatoms. The molecule has 46 valence electrons. The van der Waals surface area contributed by atoms with Crippen LogP contribution in [0.2, 0.25) is 0 Å². The Hall–Kier alpha value is -0.0100. The molecule has 0 N–H and O–H groups in total. The van der Waals surface area contributed by atoms with E-state index in [0.29, 0.717) is 10.2 Å². The maximum atomic E-state index is 5.45. The average molecular weight is 152 g/mol. The molecule has 1 nitrogen and oxygen atoms in total. The SMILES string of the molecule is CN=C(Cl)C=C(C)Cl. The topological polar surface area (TPSA) is 12.4 Å². The van der Waals surface area contributed by atoms with Gasteiger partial charge in [0.05, 0.1) is 0 Å². The lowest BCUT2D eigenvalue weighted by atomic mass is 10.5. The van der Waals surface area contributed by atoms with Crippen molar-refractivity contribution < 1.29 is 0 Å². The van der Waals surface area contributed by atoms with Crippen LogP contribution in [-0.2, 0) is 0 Å². The number of allylic oxidation sites excluding steroid dienone is 2. The summed E-state index contributed by atoms with van der Waals surface area (Å²) in [5.74, 6) is 0. The molecule has 0 amide bonds. The number of halogens is 2. The second kappa shape index (κ2) is 3.93. The van der Waals surface area contributed by atoms with Crippen LogP contribution in [0.4, 0.5) is 0 Å². The number of hydrogen-bond donors (Lipinski definition) is 0. The van der Waals surface area contributed by atoms with E-state index >= 15 is 0 Å². The van der Waals surface area contributed by atoms with Crippen molar-refractivity contribution >= 4 is 28.4 Å². The van der Waals surface area contributed by atoms with Crippen molar-refractivity contribution in [1.29, 1.82) is 0 Å². The standard InChI is InChI=1S/C5H7Cl2N/c1-4(6)3-5(7)8-2/h3H,1-2H3. The summed E-state index contributed by atoms with van der Waals surface area (Å²) in [7, 11) is 1.61. The monoisotopic (exact) mass is 151 g/mol. The molecule has 0 bridgehead atoms. The molecular formula is C5H7Cl2N. The highest BCUT2D eigenvalue weighted by molar-refractivity contribution is 6.68. The number of rotatable bonds is 1. The van der Waals surface area contributed by atoms with Crippen LogP contribution in [0.3, 0.4) is 0 Å². The maximum Gasteiger partial charge on any atom is 0.124 e. The van der Waals surface area contributed by atoms with Crippen molar-refractivity contribution in [2.45, 2.75) is 6.92 Å². The Kier molecular flexibility index (Phi) is 3.92. The molecule has 0 aromatic rings. The predicted octanol–water partition coefficient (Wildman–Crippen LogP) is 2.40. The molecule has 0 saturated carbocycles. The van der Waals surface area contributed by atoms with E-state index in [-0.39, 0.29) is 0 Å². The van der Waals surface area contributed by atoms with Gasteiger partial charge < -0.3 is 0 Å². The predicted molar refractivity (Wildman–Crippen MR) is 38.8 cm³/mol. The molecule has 8 heavy (non-hydrogen) atoms. The molecule has 0 unspecified atom stereocenters. The Morgan fingerprint density at radius 3 is 2.12 bits per heavy atom. The zero-order valence-electron chi connectivity index (χ0n) is 4.78. The van der Waals surface area contributed by atoms with Gasteiger partial charge in [-0.3, -0.25) is 4.99 Å². The molecule has 0 spiro atoms. The van der Waals surface area contributed by atoms with Gasteiger partial charge >= 0.3 is 0 Å². The molecule has 0 atom stereocenters. The second-order valence-corrected chi connectivity index (χ2v) is 2.26. The summed E-state index contributed by atoms with van der Waals surface area (Å²) in [5, 5.41) is 1.07. The molecule has 0 fully saturated rings. The van der Waals surface area contributed by atoms with Crippen molar-refractivity contribution in [2.75, 3.05) is 7.05 Å². The fourth-order valence-electron chi connectivity index (χ4n) is 0.229. The van der Waals surface area contributed by atoms with Crippen molar-refractivity contribution in [3.8, 4) is 0 Å². The van der Waals surface area contributed by atoms with Gasteiger partial charge in [-0.2, -0.15) is 0 Å². The maximum absolute atomic E-state index is 5.45. The molecule has 0 rings (SSSR count). The van der Waals surface area contributed by atoms with Crippen LogP contribution in [0.5, 0.6) is 0 Å². The summed E-state index contributed by atoms with van der Waals surface area (Å²) in [6.07, 6.45) is 1.59. The van der Waals surface area contributed by atoms with Crippen LogP contribution in [0.25, 0.3) is 0 Å². The van der Waals surface area contributed by atoms with Gasteiger partial charge in [0.25, 0.3) is 0 Å². The first-order valence-electron chi connectivity index (χ1n) is 2.13. The number of nitrogens with zero attached hydrogens (tertiary/aromatic N) is 1. The minimum Gasteiger partial charge on any atom is -0.276 e. The molecule has 0 aliphatic heterocycles. The van der Waals surface area contributed by atoms with Crippen molar-refractivity contribution in [1.82, 2.24) is 0 Å². The summed E-state index contributed by atoms with van der Waals surface area (Å²) in [5.41, 5.74) is 0. The summed E-state index contributed by atoms with van der Waals surface area (Å²) < 4.78 is 0. The average Bonchev–Trinajstić information content (AvgIpc) is 1.65. The van der Waals surface area contributed by atoms with Crippen molar-refractivity contribution in [2.24, 2.45) is 4.99 Å². The third-order valence-corrected chi connectivity index (χ3v) is 0.919. The molecular weight excluding hydrogens is 145 g/mol. The van der Waals surface area contributed by atoms with Gasteiger partial charge in [-0.05, 0) is 13.0 Å². The van der Waals surface area contributed by atoms with Crippen molar-refractivity contribution in [3.63, 3.8) is 0 Å². The Morgan fingerprint density at radius 2 is 2.00 bits per heavy atom. The van der Waals surface area contributed by atoms with E-state index in [0.717, 1.165) is 0 Å². The summed E-state index contributed by atoms with van der Waals surface area (Å²) in [4.78, 5) is 3.65. The summed E-state index contributed by atoms with van der Waals surface area (Å²) >= 11 is 10.9. The minimum absolute atomic E-state index is 0.428. The molecule has 0 saturated heterocycles.